The van der Waals surface area contributed by atoms with E-state index in [0.29, 0.717) is 0 Å². The lowest BCUT2D eigenvalue weighted by Crippen LogP contribution is -2.50. The number of nitrogens with zero attached hydrogens (tertiary/aromatic N) is 1. The van der Waals surface area contributed by atoms with Crippen molar-refractivity contribution in [3.8, 4) is 0 Å². The highest BCUT2D eigenvalue weighted by molar-refractivity contribution is 5.98. The molecule has 36 heavy (non-hydrogen) atoms. The molecule has 3 aromatic rings. The second-order valence-electron chi connectivity index (χ2n) is 10.2. The van der Waals surface area contributed by atoms with Crippen molar-refractivity contribution >= 4 is 22.6 Å². The normalized spacial score (nSPS) is 22.4. The number of methoxy groups -OCH3 is 1. The number of carbonyl (C=O) groups is 2. The Kier molecular flexibility index (Phi) is 6.10. The molecule has 3 aliphatic rings. The van der Waals surface area contributed by atoms with Gasteiger partial charge in [0.2, 0.25) is 0 Å². The van der Waals surface area contributed by atoms with Crippen molar-refractivity contribution in [2.24, 2.45) is 0 Å². The fourth-order valence-electron chi connectivity index (χ4n) is 6.40. The van der Waals surface area contributed by atoms with Gasteiger partial charge in [-0.2, -0.15) is 0 Å². The largest absolute Gasteiger partial charge is 0.468 e. The number of nitrogens with one attached hydrogen (secondary N) is 1. The van der Waals surface area contributed by atoms with Crippen LogP contribution in [-0.2, 0) is 20.7 Å². The Bertz CT molecular complexity index is 1360. The van der Waals surface area contributed by atoms with Gasteiger partial charge in [-0.1, -0.05) is 60.7 Å². The predicted molar refractivity (Wildman–Crippen MR) is 140 cm³/mol. The number of benzene rings is 3. The second-order valence-corrected chi connectivity index (χ2v) is 10.2. The predicted octanol–water partition coefficient (Wildman–Crippen LogP) is 5.76. The van der Waals surface area contributed by atoms with Crippen LogP contribution in [0.1, 0.15) is 67.3 Å². The number of ether oxygens (including phenoxy) is 1. The van der Waals surface area contributed by atoms with Crippen LogP contribution in [0.4, 0.5) is 0 Å². The molecular formula is C31H32N2O3. The maximum absolute atomic E-state index is 13.9. The quantitative estimate of drug-likeness (QED) is 0.472. The molecule has 1 aliphatic heterocycles. The Labute approximate surface area is 212 Å². The molecule has 3 aromatic carbocycles. The van der Waals surface area contributed by atoms with E-state index in [1.54, 1.807) is 0 Å². The summed E-state index contributed by atoms with van der Waals surface area (Å²) >= 11 is 0. The average Bonchev–Trinajstić information content (AvgIpc) is 3.21. The van der Waals surface area contributed by atoms with Crippen LogP contribution in [0.2, 0.25) is 0 Å². The van der Waals surface area contributed by atoms with Gasteiger partial charge in [-0.05, 0) is 84.0 Å². The molecule has 0 unspecified atom stereocenters. The van der Waals surface area contributed by atoms with Crippen molar-refractivity contribution in [2.45, 2.75) is 63.2 Å². The SMILES string of the molecule is COC(=O)[C@H](N[C@H]1C2=C(CCCC2)C(=O)N1[C@@H]1CCCc2ccccc21)c1ccc2ccccc2c1. The van der Waals surface area contributed by atoms with Crippen LogP contribution in [0.5, 0.6) is 0 Å². The van der Waals surface area contributed by atoms with E-state index in [2.05, 4.69) is 47.8 Å². The summed E-state index contributed by atoms with van der Waals surface area (Å²) in [5.74, 6) is -0.211. The van der Waals surface area contributed by atoms with Crippen molar-refractivity contribution in [3.05, 3.63) is 94.6 Å². The van der Waals surface area contributed by atoms with Crippen LogP contribution in [-0.4, -0.2) is 30.1 Å². The van der Waals surface area contributed by atoms with Gasteiger partial charge in [0.1, 0.15) is 12.2 Å². The van der Waals surface area contributed by atoms with Crippen molar-refractivity contribution in [1.82, 2.24) is 10.2 Å². The first-order valence-electron chi connectivity index (χ1n) is 13.1. The molecule has 0 spiro atoms. The Morgan fingerprint density at radius 3 is 2.58 bits per heavy atom. The number of fused-ring (bicyclic) bond motifs is 2. The molecule has 0 aromatic heterocycles. The molecule has 0 fully saturated rings. The first-order chi connectivity index (χ1) is 17.7. The van der Waals surface area contributed by atoms with E-state index in [-0.39, 0.29) is 24.1 Å². The fraction of sp³-hybridized carbons (Fsp3) is 0.355. The standard InChI is InChI=1S/C31H32N2O3/c1-36-31(35)28(23-18-17-20-9-2-3-11-22(20)19-23)32-29-25-14-6-7-15-26(25)30(34)33(29)27-16-8-12-21-10-4-5-13-24(21)27/h2-5,9-11,13,17-19,27-29,32H,6-8,12,14-16H2,1H3/t27-,28-,29-/m1/s1. The molecule has 184 valence electrons. The average molecular weight is 481 g/mol. The first-order valence-corrected chi connectivity index (χ1v) is 13.1. The molecule has 0 saturated heterocycles. The summed E-state index contributed by atoms with van der Waals surface area (Å²) in [7, 11) is 1.43. The molecule has 5 nitrogen and oxygen atoms in total. The smallest absolute Gasteiger partial charge is 0.327 e. The lowest BCUT2D eigenvalue weighted by molar-refractivity contribution is -0.145. The third kappa shape index (κ3) is 3.92. The van der Waals surface area contributed by atoms with Crippen molar-refractivity contribution in [3.63, 3.8) is 0 Å². The minimum atomic E-state index is -0.674. The van der Waals surface area contributed by atoms with Crippen molar-refractivity contribution in [1.29, 1.82) is 0 Å². The maximum Gasteiger partial charge on any atom is 0.327 e. The summed E-state index contributed by atoms with van der Waals surface area (Å²) in [5, 5.41) is 5.82. The number of hydrogen-bond donors (Lipinski definition) is 1. The van der Waals surface area contributed by atoms with Gasteiger partial charge < -0.3 is 9.64 Å². The third-order valence-corrected chi connectivity index (χ3v) is 8.15. The topological polar surface area (TPSA) is 58.6 Å². The Hall–Kier alpha value is -3.44. The highest BCUT2D eigenvalue weighted by atomic mass is 16.5. The van der Waals surface area contributed by atoms with Crippen LogP contribution in [0.3, 0.4) is 0 Å². The van der Waals surface area contributed by atoms with Gasteiger partial charge in [-0.3, -0.25) is 10.1 Å². The highest BCUT2D eigenvalue weighted by Gasteiger charge is 2.45. The second kappa shape index (κ2) is 9.55. The van der Waals surface area contributed by atoms with Gasteiger partial charge in [-0.25, -0.2) is 4.79 Å². The van der Waals surface area contributed by atoms with Gasteiger partial charge in [0, 0.05) is 5.57 Å². The molecule has 1 amide bonds. The Balaban J connectivity index is 1.41. The molecular weight excluding hydrogens is 448 g/mol. The lowest BCUT2D eigenvalue weighted by Gasteiger charge is -2.39. The van der Waals surface area contributed by atoms with Crippen molar-refractivity contribution < 1.29 is 14.3 Å². The summed E-state index contributed by atoms with van der Waals surface area (Å²) in [4.78, 5) is 29.1. The van der Waals surface area contributed by atoms with Crippen LogP contribution in [0.15, 0.2) is 77.9 Å². The minimum Gasteiger partial charge on any atom is -0.468 e. The van der Waals surface area contributed by atoms with E-state index in [0.717, 1.165) is 72.4 Å². The molecule has 6 rings (SSSR count). The third-order valence-electron chi connectivity index (χ3n) is 8.15. The van der Waals surface area contributed by atoms with Crippen LogP contribution < -0.4 is 5.32 Å². The molecule has 2 aliphatic carbocycles. The molecule has 0 bridgehead atoms. The van der Waals surface area contributed by atoms with E-state index >= 15 is 0 Å². The number of amides is 1. The van der Waals surface area contributed by atoms with Gasteiger partial charge in [-0.15, -0.1) is 0 Å². The maximum atomic E-state index is 13.9. The molecule has 1 N–H and O–H groups in total. The minimum absolute atomic E-state index is 0.000417. The van der Waals surface area contributed by atoms with Crippen LogP contribution in [0.25, 0.3) is 10.8 Å². The molecule has 0 saturated carbocycles. The fourth-order valence-corrected chi connectivity index (χ4v) is 6.40. The van der Waals surface area contributed by atoms with E-state index in [1.165, 1.54) is 18.2 Å². The van der Waals surface area contributed by atoms with Crippen LogP contribution >= 0.6 is 0 Å². The summed E-state index contributed by atoms with van der Waals surface area (Å²) < 4.78 is 5.27. The molecule has 0 radical (unpaired) electrons. The summed E-state index contributed by atoms with van der Waals surface area (Å²) in [5.41, 5.74) is 5.52. The summed E-state index contributed by atoms with van der Waals surface area (Å²) in [6.07, 6.45) is 6.51. The van der Waals surface area contributed by atoms with E-state index in [9.17, 15) is 9.59 Å². The number of hydrogen-bond acceptors (Lipinski definition) is 4. The van der Waals surface area contributed by atoms with Crippen LogP contribution in [0, 0.1) is 0 Å². The van der Waals surface area contributed by atoms with Gasteiger partial charge in [0.05, 0.1) is 13.2 Å². The zero-order valence-corrected chi connectivity index (χ0v) is 20.7. The zero-order valence-electron chi connectivity index (χ0n) is 20.7. The number of rotatable bonds is 5. The molecule has 5 heteroatoms. The molecule has 3 atom stereocenters. The Morgan fingerprint density at radius 2 is 1.72 bits per heavy atom. The zero-order chi connectivity index (χ0) is 24.6. The van der Waals surface area contributed by atoms with E-state index in [1.807, 2.05) is 29.2 Å². The number of aryl methyl sites for hydroxylation is 1. The monoisotopic (exact) mass is 480 g/mol. The first kappa shape index (κ1) is 23.0. The number of carbonyl (C=O) groups excluding carboxylic acids is 2. The summed E-state index contributed by atoms with van der Waals surface area (Å²) in [6.45, 7) is 0. The van der Waals surface area contributed by atoms with E-state index < -0.39 is 6.04 Å². The summed E-state index contributed by atoms with van der Waals surface area (Å²) in [6, 6.07) is 22.1. The lowest BCUT2D eigenvalue weighted by atomic mass is 9.86. The Morgan fingerprint density at radius 1 is 0.944 bits per heavy atom. The van der Waals surface area contributed by atoms with E-state index in [4.69, 9.17) is 4.74 Å². The van der Waals surface area contributed by atoms with Gasteiger partial charge in [0.15, 0.2) is 0 Å². The number of esters is 1. The highest BCUT2D eigenvalue weighted by Crippen LogP contribution is 2.44. The van der Waals surface area contributed by atoms with Gasteiger partial charge >= 0.3 is 5.97 Å². The molecule has 1 heterocycles. The van der Waals surface area contributed by atoms with Gasteiger partial charge in [0.25, 0.3) is 5.91 Å². The van der Waals surface area contributed by atoms with Crippen molar-refractivity contribution in [2.75, 3.05) is 7.11 Å².